The van der Waals surface area contributed by atoms with Gasteiger partial charge < -0.3 is 25.4 Å². The first-order valence-corrected chi connectivity index (χ1v) is 11.2. The summed E-state index contributed by atoms with van der Waals surface area (Å²) in [5.41, 5.74) is -0.378. The lowest BCUT2D eigenvalue weighted by molar-refractivity contribution is -0.123. The van der Waals surface area contributed by atoms with Crippen LogP contribution in [0.3, 0.4) is 0 Å². The van der Waals surface area contributed by atoms with Crippen molar-refractivity contribution in [2.45, 2.75) is 52.9 Å². The van der Waals surface area contributed by atoms with Crippen LogP contribution >= 0.6 is 0 Å². The zero-order valence-electron chi connectivity index (χ0n) is 20.4. The predicted molar refractivity (Wildman–Crippen MR) is 129 cm³/mol. The normalized spacial score (nSPS) is 20.3. The van der Waals surface area contributed by atoms with E-state index in [2.05, 4.69) is 5.32 Å². The van der Waals surface area contributed by atoms with Crippen LogP contribution in [0.1, 0.15) is 67.6 Å². The fraction of sp³-hybridized carbons (Fsp3) is 0.296. The minimum Gasteiger partial charge on any atom is -0.507 e. The van der Waals surface area contributed by atoms with Crippen molar-refractivity contribution in [2.24, 2.45) is 0 Å². The van der Waals surface area contributed by atoms with E-state index in [-0.39, 0.29) is 56.9 Å². The average Bonchev–Trinajstić information content (AvgIpc) is 3.06. The number of phenols is 3. The minimum absolute atomic E-state index is 0.0247. The highest BCUT2D eigenvalue weighted by atomic mass is 16.5. The van der Waals surface area contributed by atoms with Crippen LogP contribution in [0, 0.1) is 6.92 Å². The summed E-state index contributed by atoms with van der Waals surface area (Å²) < 4.78 is 5.77. The number of benzene rings is 2. The number of nitrogens with one attached hydrogen (secondary N) is 1. The second-order valence-electron chi connectivity index (χ2n) is 9.44. The molecule has 0 saturated carbocycles. The maximum absolute atomic E-state index is 13.9. The second kappa shape index (κ2) is 8.01. The number of carbonyl (C=O) groups is 3. The first-order chi connectivity index (χ1) is 16.3. The van der Waals surface area contributed by atoms with Crippen molar-refractivity contribution in [3.63, 3.8) is 0 Å². The summed E-state index contributed by atoms with van der Waals surface area (Å²) in [6, 6.07) is 5.08. The maximum Gasteiger partial charge on any atom is 0.194 e. The maximum atomic E-state index is 13.9. The highest BCUT2D eigenvalue weighted by Crippen LogP contribution is 2.57. The van der Waals surface area contributed by atoms with Crippen molar-refractivity contribution in [1.82, 2.24) is 0 Å². The summed E-state index contributed by atoms with van der Waals surface area (Å²) in [4.78, 5) is 39.2. The molecule has 4 N–H and O–H groups in total. The van der Waals surface area contributed by atoms with Crippen LogP contribution in [0.2, 0.25) is 0 Å². The molecule has 8 heteroatoms. The molecule has 2 aromatic carbocycles. The van der Waals surface area contributed by atoms with Gasteiger partial charge in [-0.2, -0.15) is 0 Å². The van der Waals surface area contributed by atoms with E-state index in [1.807, 2.05) is 13.8 Å². The lowest BCUT2D eigenvalue weighted by Crippen LogP contribution is -2.40. The van der Waals surface area contributed by atoms with E-state index in [0.717, 1.165) is 11.6 Å². The van der Waals surface area contributed by atoms with E-state index < -0.39 is 28.5 Å². The van der Waals surface area contributed by atoms with Crippen molar-refractivity contribution >= 4 is 23.0 Å². The number of phenolic OH excluding ortho intramolecular Hbond substituents is 3. The number of ketones is 3. The molecule has 1 aliphatic heterocycles. The van der Waals surface area contributed by atoms with Gasteiger partial charge in [0.2, 0.25) is 0 Å². The van der Waals surface area contributed by atoms with Gasteiger partial charge in [-0.1, -0.05) is 19.9 Å². The molecule has 0 spiro atoms. The number of ether oxygens (including phenoxy) is 1. The first kappa shape index (κ1) is 24.1. The van der Waals surface area contributed by atoms with Gasteiger partial charge in [0.1, 0.15) is 39.7 Å². The highest BCUT2D eigenvalue weighted by molar-refractivity contribution is 6.31. The van der Waals surface area contributed by atoms with Gasteiger partial charge in [-0.3, -0.25) is 14.4 Å². The van der Waals surface area contributed by atoms with Crippen LogP contribution in [0.5, 0.6) is 23.0 Å². The van der Waals surface area contributed by atoms with Crippen LogP contribution in [0.15, 0.2) is 41.3 Å². The number of hydrogen-bond acceptors (Lipinski definition) is 8. The fourth-order valence-corrected chi connectivity index (χ4v) is 4.64. The topological polar surface area (TPSA) is 133 Å². The summed E-state index contributed by atoms with van der Waals surface area (Å²) in [5, 5.41) is 34.7. The number of anilines is 1. The van der Waals surface area contributed by atoms with Crippen LogP contribution in [-0.2, 0) is 15.0 Å². The highest BCUT2D eigenvalue weighted by Gasteiger charge is 2.56. The Morgan fingerprint density at radius 1 is 1.09 bits per heavy atom. The van der Waals surface area contributed by atoms with Gasteiger partial charge in [0.05, 0.1) is 16.8 Å². The van der Waals surface area contributed by atoms with Gasteiger partial charge in [0, 0.05) is 17.3 Å². The van der Waals surface area contributed by atoms with Crippen LogP contribution in [-0.4, -0.2) is 32.7 Å². The third-order valence-corrected chi connectivity index (χ3v) is 6.77. The van der Waals surface area contributed by atoms with Gasteiger partial charge in [0.15, 0.2) is 17.3 Å². The Balaban J connectivity index is 1.89. The summed E-state index contributed by atoms with van der Waals surface area (Å²) in [6.45, 7) is 9.72. The van der Waals surface area contributed by atoms with Gasteiger partial charge in [-0.25, -0.2) is 0 Å². The molecule has 0 amide bonds. The Hall–Kier alpha value is -4.07. The Kier molecular flexibility index (Phi) is 5.51. The van der Waals surface area contributed by atoms with Crippen molar-refractivity contribution in [3.8, 4) is 23.0 Å². The Labute approximate surface area is 202 Å². The third kappa shape index (κ3) is 3.39. The lowest BCUT2D eigenvalue weighted by Gasteiger charge is -2.29. The van der Waals surface area contributed by atoms with Crippen LogP contribution < -0.4 is 10.1 Å². The van der Waals surface area contributed by atoms with Gasteiger partial charge >= 0.3 is 0 Å². The number of allylic oxidation sites excluding steroid dienone is 4. The second-order valence-corrected chi connectivity index (χ2v) is 9.44. The van der Waals surface area contributed by atoms with Crippen molar-refractivity contribution in [3.05, 3.63) is 63.6 Å². The standard InChI is InChI=1S/C27H27NO7/c1-11(2)15-7-8-17(30)16(9-15)28-13(4)20-18(31)10-19-27(6,26(20)34)22-24(33)12(3)23(32)21(14(5)29)25(22)35-19/h7-11,28,30,32-33H,1-6H3/b20-13+/t27-/m0/s1. The molecule has 1 atom stereocenters. The summed E-state index contributed by atoms with van der Waals surface area (Å²) in [6.07, 6.45) is 1.15. The molecule has 4 rings (SSSR count). The van der Waals surface area contributed by atoms with Crippen molar-refractivity contribution in [2.75, 3.05) is 5.32 Å². The summed E-state index contributed by atoms with van der Waals surface area (Å²) in [5.74, 6) is -2.63. The largest absolute Gasteiger partial charge is 0.507 e. The molecule has 8 nitrogen and oxygen atoms in total. The number of hydrogen-bond donors (Lipinski definition) is 4. The molecule has 0 saturated heterocycles. The Morgan fingerprint density at radius 3 is 2.34 bits per heavy atom. The van der Waals surface area contributed by atoms with Gasteiger partial charge in [-0.05, 0) is 51.3 Å². The average molecular weight is 478 g/mol. The molecule has 1 heterocycles. The molecular formula is C27H27NO7. The number of fused-ring (bicyclic) bond motifs is 3. The lowest BCUT2D eigenvalue weighted by atomic mass is 9.70. The van der Waals surface area contributed by atoms with E-state index >= 15 is 0 Å². The molecule has 0 fully saturated rings. The molecule has 0 radical (unpaired) electrons. The molecule has 0 aromatic heterocycles. The minimum atomic E-state index is -1.60. The summed E-state index contributed by atoms with van der Waals surface area (Å²) >= 11 is 0. The molecule has 2 aromatic rings. The van der Waals surface area contributed by atoms with E-state index in [4.69, 9.17) is 4.74 Å². The van der Waals surface area contributed by atoms with E-state index in [1.165, 1.54) is 26.8 Å². The van der Waals surface area contributed by atoms with Crippen molar-refractivity contribution < 1.29 is 34.4 Å². The van der Waals surface area contributed by atoms with Crippen LogP contribution in [0.4, 0.5) is 5.69 Å². The van der Waals surface area contributed by atoms with Gasteiger partial charge in [0.25, 0.3) is 0 Å². The third-order valence-electron chi connectivity index (χ3n) is 6.77. The van der Waals surface area contributed by atoms with Gasteiger partial charge in [-0.15, -0.1) is 0 Å². The quantitative estimate of drug-likeness (QED) is 0.219. The number of rotatable bonds is 4. The van der Waals surface area contributed by atoms with E-state index in [9.17, 15) is 29.7 Å². The van der Waals surface area contributed by atoms with Crippen molar-refractivity contribution in [1.29, 1.82) is 0 Å². The molecule has 1 aliphatic carbocycles. The Morgan fingerprint density at radius 2 is 1.74 bits per heavy atom. The Bertz CT molecular complexity index is 1400. The molecule has 2 aliphatic rings. The number of Topliss-reactive ketones (excluding diaryl/α,β-unsaturated/α-hetero) is 2. The monoisotopic (exact) mass is 477 g/mol. The molecule has 35 heavy (non-hydrogen) atoms. The first-order valence-electron chi connectivity index (χ1n) is 11.2. The zero-order valence-corrected chi connectivity index (χ0v) is 20.4. The zero-order chi connectivity index (χ0) is 26.0. The predicted octanol–water partition coefficient (Wildman–Crippen LogP) is 4.51. The van der Waals surface area contributed by atoms with Crippen LogP contribution in [0.25, 0.3) is 0 Å². The van der Waals surface area contributed by atoms with E-state index in [1.54, 1.807) is 19.1 Å². The molecule has 0 bridgehead atoms. The smallest absolute Gasteiger partial charge is 0.194 e. The molecular weight excluding hydrogens is 450 g/mol. The molecule has 0 unspecified atom stereocenters. The molecule has 182 valence electrons. The SMILES string of the molecule is CC(=O)c1c(O)c(C)c(O)c2c1OC1=CC(=O)/C(=C(/C)Nc3cc(C(C)C)ccc3O)C(=O)[C@@]12C. The fourth-order valence-electron chi connectivity index (χ4n) is 4.64. The number of carbonyl (C=O) groups excluding carboxylic acids is 3. The van der Waals surface area contributed by atoms with E-state index in [0.29, 0.717) is 5.69 Å². The number of aromatic hydroxyl groups is 3. The summed E-state index contributed by atoms with van der Waals surface area (Å²) in [7, 11) is 0.